The molecule has 78 valence electrons. The van der Waals surface area contributed by atoms with Crippen LogP contribution in [-0.4, -0.2) is 7.11 Å². The van der Waals surface area contributed by atoms with Gasteiger partial charge in [0.25, 0.3) is 0 Å². The quantitative estimate of drug-likeness (QED) is 0.721. The molecule has 0 spiro atoms. The second-order valence-electron chi connectivity index (χ2n) is 3.35. The molecule has 1 nitrogen and oxygen atoms in total. The van der Waals surface area contributed by atoms with E-state index in [1.54, 1.807) is 7.11 Å². The zero-order valence-corrected chi connectivity index (χ0v) is 9.28. The predicted octanol–water partition coefficient (Wildman–Crippen LogP) is 3.27. The first-order chi connectivity index (χ1) is 6.65. The number of rotatable bonds is 3. The van der Waals surface area contributed by atoms with E-state index in [2.05, 4.69) is 6.92 Å². The molecule has 0 aliphatic rings. The third-order valence-electron chi connectivity index (χ3n) is 2.68. The molecule has 14 heavy (non-hydrogen) atoms. The first-order valence-electron chi connectivity index (χ1n) is 5.00. The Bertz CT molecular complexity index is 332. The van der Waals surface area contributed by atoms with E-state index in [0.29, 0.717) is 5.75 Å². The number of methoxy groups -OCH3 is 1. The van der Waals surface area contributed by atoms with E-state index in [1.165, 1.54) is 6.07 Å². The zero-order valence-electron chi connectivity index (χ0n) is 9.28. The molecule has 1 aromatic rings. The lowest BCUT2D eigenvalue weighted by Crippen LogP contribution is -2.01. The normalized spacial score (nSPS) is 10.4. The third-order valence-corrected chi connectivity index (χ3v) is 2.68. The van der Waals surface area contributed by atoms with Crippen molar-refractivity contribution in [1.82, 2.24) is 0 Å². The number of benzene rings is 1. The topological polar surface area (TPSA) is 9.23 Å². The molecule has 0 atom stereocenters. The molecule has 1 aromatic carbocycles. The summed E-state index contributed by atoms with van der Waals surface area (Å²) in [6, 6.07) is 1.49. The van der Waals surface area contributed by atoms with Gasteiger partial charge in [-0.1, -0.05) is 13.8 Å². The summed E-state index contributed by atoms with van der Waals surface area (Å²) in [6.07, 6.45) is 1.61. The first-order valence-corrected chi connectivity index (χ1v) is 5.00. The molecule has 0 aliphatic carbocycles. The van der Waals surface area contributed by atoms with Crippen LogP contribution in [0.15, 0.2) is 6.07 Å². The molecule has 0 aromatic heterocycles. The first kappa shape index (κ1) is 11.0. The van der Waals surface area contributed by atoms with Gasteiger partial charge in [0, 0.05) is 6.07 Å². The van der Waals surface area contributed by atoms with Gasteiger partial charge in [-0.25, -0.2) is 4.39 Å². The van der Waals surface area contributed by atoms with Crippen molar-refractivity contribution >= 4 is 0 Å². The second kappa shape index (κ2) is 4.45. The Kier molecular flexibility index (Phi) is 3.50. The Morgan fingerprint density at radius 1 is 1.21 bits per heavy atom. The minimum absolute atomic E-state index is 0.154. The monoisotopic (exact) mass is 196 g/mol. The summed E-state index contributed by atoms with van der Waals surface area (Å²) >= 11 is 0. The van der Waals surface area contributed by atoms with Crippen LogP contribution in [0, 0.1) is 12.7 Å². The van der Waals surface area contributed by atoms with E-state index in [0.717, 1.165) is 29.5 Å². The molecule has 0 N–H and O–H groups in total. The summed E-state index contributed by atoms with van der Waals surface area (Å²) in [5.41, 5.74) is 2.96. The second-order valence-corrected chi connectivity index (χ2v) is 3.35. The van der Waals surface area contributed by atoms with Crippen LogP contribution in [0.25, 0.3) is 0 Å². The fourth-order valence-electron chi connectivity index (χ4n) is 1.89. The molecular weight excluding hydrogens is 179 g/mol. The van der Waals surface area contributed by atoms with Gasteiger partial charge in [-0.15, -0.1) is 0 Å². The molecule has 0 amide bonds. The van der Waals surface area contributed by atoms with E-state index < -0.39 is 0 Å². The van der Waals surface area contributed by atoms with Crippen LogP contribution in [0.5, 0.6) is 5.75 Å². The Morgan fingerprint density at radius 2 is 1.79 bits per heavy atom. The van der Waals surface area contributed by atoms with Crippen LogP contribution in [0.3, 0.4) is 0 Å². The molecule has 0 heterocycles. The highest BCUT2D eigenvalue weighted by Gasteiger charge is 2.12. The standard InChI is InChI=1S/C12H17FO/c1-5-9-8(3)10(6-2)12(14-4)7-11(9)13/h7H,5-6H2,1-4H3. The fourth-order valence-corrected chi connectivity index (χ4v) is 1.89. The Morgan fingerprint density at radius 3 is 2.21 bits per heavy atom. The zero-order chi connectivity index (χ0) is 10.7. The predicted molar refractivity (Wildman–Crippen MR) is 56.4 cm³/mol. The number of hydrogen-bond donors (Lipinski definition) is 0. The van der Waals surface area contributed by atoms with Crippen LogP contribution in [-0.2, 0) is 12.8 Å². The summed E-state index contributed by atoms with van der Waals surface area (Å²) in [4.78, 5) is 0. The van der Waals surface area contributed by atoms with Gasteiger partial charge in [-0.2, -0.15) is 0 Å². The summed E-state index contributed by atoms with van der Waals surface area (Å²) in [5, 5.41) is 0. The summed E-state index contributed by atoms with van der Waals surface area (Å²) < 4.78 is 18.7. The largest absolute Gasteiger partial charge is 0.496 e. The molecule has 0 saturated heterocycles. The third kappa shape index (κ3) is 1.74. The van der Waals surface area contributed by atoms with E-state index in [4.69, 9.17) is 4.74 Å². The van der Waals surface area contributed by atoms with Crippen molar-refractivity contribution in [2.24, 2.45) is 0 Å². The van der Waals surface area contributed by atoms with E-state index >= 15 is 0 Å². The van der Waals surface area contributed by atoms with E-state index in [9.17, 15) is 4.39 Å². The number of halogens is 1. The van der Waals surface area contributed by atoms with Crippen molar-refractivity contribution in [1.29, 1.82) is 0 Å². The summed E-state index contributed by atoms with van der Waals surface area (Å²) in [7, 11) is 1.58. The lowest BCUT2D eigenvalue weighted by atomic mass is 9.97. The van der Waals surface area contributed by atoms with Gasteiger partial charge in [0.05, 0.1) is 7.11 Å². The molecular formula is C12H17FO. The fraction of sp³-hybridized carbons (Fsp3) is 0.500. The van der Waals surface area contributed by atoms with E-state index in [1.807, 2.05) is 13.8 Å². The molecule has 0 unspecified atom stereocenters. The smallest absolute Gasteiger partial charge is 0.130 e. The van der Waals surface area contributed by atoms with Crippen LogP contribution in [0.1, 0.15) is 30.5 Å². The number of ether oxygens (including phenoxy) is 1. The van der Waals surface area contributed by atoms with Crippen molar-refractivity contribution in [2.45, 2.75) is 33.6 Å². The van der Waals surface area contributed by atoms with Crippen molar-refractivity contribution in [3.8, 4) is 5.75 Å². The van der Waals surface area contributed by atoms with Gasteiger partial charge in [0.15, 0.2) is 0 Å². The maximum Gasteiger partial charge on any atom is 0.130 e. The molecule has 0 fully saturated rings. The minimum Gasteiger partial charge on any atom is -0.496 e. The van der Waals surface area contributed by atoms with Gasteiger partial charge in [-0.05, 0) is 36.5 Å². The average molecular weight is 196 g/mol. The lowest BCUT2D eigenvalue weighted by molar-refractivity contribution is 0.405. The maximum atomic E-state index is 13.5. The van der Waals surface area contributed by atoms with Gasteiger partial charge in [0.2, 0.25) is 0 Å². The summed E-state index contributed by atoms with van der Waals surface area (Å²) in [6.45, 7) is 5.99. The van der Waals surface area contributed by atoms with Gasteiger partial charge in [0.1, 0.15) is 11.6 Å². The highest BCUT2D eigenvalue weighted by Crippen LogP contribution is 2.28. The molecule has 0 bridgehead atoms. The van der Waals surface area contributed by atoms with E-state index in [-0.39, 0.29) is 5.82 Å². The van der Waals surface area contributed by atoms with Crippen molar-refractivity contribution in [3.05, 3.63) is 28.6 Å². The van der Waals surface area contributed by atoms with Crippen LogP contribution in [0.2, 0.25) is 0 Å². The molecule has 0 aliphatic heterocycles. The highest BCUT2D eigenvalue weighted by molar-refractivity contribution is 5.45. The van der Waals surface area contributed by atoms with Crippen molar-refractivity contribution in [3.63, 3.8) is 0 Å². The van der Waals surface area contributed by atoms with Crippen molar-refractivity contribution in [2.75, 3.05) is 7.11 Å². The van der Waals surface area contributed by atoms with Crippen molar-refractivity contribution < 1.29 is 9.13 Å². The number of hydrogen-bond acceptors (Lipinski definition) is 1. The van der Waals surface area contributed by atoms with Crippen LogP contribution in [0.4, 0.5) is 4.39 Å². The molecule has 1 rings (SSSR count). The van der Waals surface area contributed by atoms with Crippen LogP contribution >= 0.6 is 0 Å². The van der Waals surface area contributed by atoms with Gasteiger partial charge < -0.3 is 4.74 Å². The van der Waals surface area contributed by atoms with Gasteiger partial charge >= 0.3 is 0 Å². The molecule has 2 heteroatoms. The Balaban J connectivity index is 3.39. The van der Waals surface area contributed by atoms with Gasteiger partial charge in [-0.3, -0.25) is 0 Å². The lowest BCUT2D eigenvalue weighted by Gasteiger charge is -2.14. The average Bonchev–Trinajstić information content (AvgIpc) is 2.17. The molecule has 0 radical (unpaired) electrons. The van der Waals surface area contributed by atoms with Crippen LogP contribution < -0.4 is 4.74 Å². The Hall–Kier alpha value is -1.05. The highest BCUT2D eigenvalue weighted by atomic mass is 19.1. The Labute approximate surface area is 84.9 Å². The SMILES string of the molecule is CCc1c(F)cc(OC)c(CC)c1C. The molecule has 0 saturated carbocycles. The minimum atomic E-state index is -0.154. The summed E-state index contributed by atoms with van der Waals surface area (Å²) in [5.74, 6) is 0.513. The maximum absolute atomic E-state index is 13.5.